The minimum atomic E-state index is -0.00360. The van der Waals surface area contributed by atoms with E-state index >= 15 is 0 Å². The summed E-state index contributed by atoms with van der Waals surface area (Å²) in [5.41, 5.74) is 1.96. The van der Waals surface area contributed by atoms with Crippen LogP contribution >= 0.6 is 0 Å². The van der Waals surface area contributed by atoms with Gasteiger partial charge in [0, 0.05) is 12.3 Å². The van der Waals surface area contributed by atoms with E-state index in [1.54, 1.807) is 12.3 Å². The van der Waals surface area contributed by atoms with Crippen LogP contribution in [0.2, 0.25) is 0 Å². The number of hydrogen-bond donors (Lipinski definition) is 1. The van der Waals surface area contributed by atoms with E-state index in [1.807, 2.05) is 6.07 Å². The number of nitrogens with zero attached hydrogens (tertiary/aromatic N) is 2. The van der Waals surface area contributed by atoms with Crippen LogP contribution in [0.25, 0.3) is 11.0 Å². The number of hydrogen-bond acceptors (Lipinski definition) is 3. The Balaban J connectivity index is 2.65. The summed E-state index contributed by atoms with van der Waals surface area (Å²) in [6.45, 7) is 4.92. The molecule has 2 aromatic rings. The fourth-order valence-corrected chi connectivity index (χ4v) is 1.28. The third-order valence-corrected chi connectivity index (χ3v) is 2.02. The van der Waals surface area contributed by atoms with Gasteiger partial charge in [0.1, 0.15) is 5.65 Å². The molecule has 0 bridgehead atoms. The maximum atomic E-state index is 11.1. The molecule has 70 valence electrons. The molecule has 0 radical (unpaired) electrons. The van der Waals surface area contributed by atoms with Crippen molar-refractivity contribution in [2.45, 2.75) is 6.92 Å². The molecule has 0 aliphatic rings. The van der Waals surface area contributed by atoms with E-state index in [2.05, 4.69) is 21.7 Å². The maximum Gasteiger partial charge on any atom is 0.176 e. The zero-order chi connectivity index (χ0) is 10.1. The van der Waals surface area contributed by atoms with Crippen molar-refractivity contribution in [2.24, 2.45) is 4.99 Å². The molecule has 0 aromatic carbocycles. The lowest BCUT2D eigenvalue weighted by Crippen LogP contribution is -1.90. The molecule has 0 saturated carbocycles. The van der Waals surface area contributed by atoms with Crippen LogP contribution in [-0.2, 0) is 0 Å². The minimum absolute atomic E-state index is 0.00360. The van der Waals surface area contributed by atoms with Crippen LogP contribution in [0.3, 0.4) is 0 Å². The zero-order valence-electron chi connectivity index (χ0n) is 7.74. The summed E-state index contributed by atoms with van der Waals surface area (Å²) in [6, 6.07) is 3.59. The van der Waals surface area contributed by atoms with Crippen molar-refractivity contribution in [1.29, 1.82) is 0 Å². The van der Waals surface area contributed by atoms with Crippen molar-refractivity contribution in [3.05, 3.63) is 24.0 Å². The quantitative estimate of drug-likeness (QED) is 0.578. The van der Waals surface area contributed by atoms with E-state index in [0.29, 0.717) is 17.0 Å². The molecule has 0 saturated heterocycles. The van der Waals surface area contributed by atoms with E-state index < -0.39 is 0 Å². The Kier molecular flexibility index (Phi) is 1.89. The molecule has 0 atom stereocenters. The van der Waals surface area contributed by atoms with Gasteiger partial charge in [-0.3, -0.25) is 9.79 Å². The first-order valence-corrected chi connectivity index (χ1v) is 4.17. The Labute approximate surface area is 80.7 Å². The Morgan fingerprint density at radius 2 is 2.36 bits per heavy atom. The van der Waals surface area contributed by atoms with Gasteiger partial charge in [-0.1, -0.05) is 0 Å². The van der Waals surface area contributed by atoms with Crippen LogP contribution in [0.15, 0.2) is 23.3 Å². The Hall–Kier alpha value is -1.97. The summed E-state index contributed by atoms with van der Waals surface area (Å²) in [6.07, 6.45) is 1.61. The number of aliphatic imine (C=N–C) groups is 1. The number of H-pyrrole nitrogens is 1. The highest BCUT2D eigenvalue weighted by Crippen LogP contribution is 2.19. The number of aromatic nitrogens is 2. The number of carbonyl (C=O) groups excluding carboxylic acids is 1. The number of aromatic amines is 1. The van der Waals surface area contributed by atoms with Gasteiger partial charge in [0.15, 0.2) is 5.78 Å². The molecule has 2 aromatic heterocycles. The van der Waals surface area contributed by atoms with E-state index in [1.165, 1.54) is 6.92 Å². The lowest BCUT2D eigenvalue weighted by Gasteiger charge is -1.90. The van der Waals surface area contributed by atoms with E-state index in [-0.39, 0.29) is 5.78 Å². The third kappa shape index (κ3) is 1.31. The molecule has 0 spiro atoms. The van der Waals surface area contributed by atoms with Crippen molar-refractivity contribution in [3.63, 3.8) is 0 Å². The number of rotatable bonds is 2. The average molecular weight is 187 g/mol. The zero-order valence-corrected chi connectivity index (χ0v) is 7.74. The first-order chi connectivity index (χ1) is 6.70. The molecule has 0 aliphatic carbocycles. The number of fused-ring (bicyclic) bond motifs is 1. The topological polar surface area (TPSA) is 58.1 Å². The summed E-state index contributed by atoms with van der Waals surface area (Å²) < 4.78 is 0. The van der Waals surface area contributed by atoms with Crippen LogP contribution in [0.5, 0.6) is 0 Å². The lowest BCUT2D eigenvalue weighted by molar-refractivity contribution is 0.101. The van der Waals surface area contributed by atoms with Gasteiger partial charge in [0.05, 0.1) is 17.6 Å². The fraction of sp³-hybridized carbons (Fsp3) is 0.100. The second-order valence-electron chi connectivity index (χ2n) is 3.03. The van der Waals surface area contributed by atoms with Crippen LogP contribution < -0.4 is 0 Å². The maximum absolute atomic E-state index is 11.1. The number of ketones is 1. The van der Waals surface area contributed by atoms with Crippen LogP contribution in [0.4, 0.5) is 5.69 Å². The second kappa shape index (κ2) is 3.06. The Morgan fingerprint density at radius 1 is 1.57 bits per heavy atom. The van der Waals surface area contributed by atoms with Gasteiger partial charge >= 0.3 is 0 Å². The van der Waals surface area contributed by atoms with E-state index in [4.69, 9.17) is 0 Å². The van der Waals surface area contributed by atoms with Gasteiger partial charge in [0.25, 0.3) is 0 Å². The van der Waals surface area contributed by atoms with Gasteiger partial charge in [-0.05, 0) is 18.9 Å². The minimum Gasteiger partial charge on any atom is -0.337 e. The molecule has 4 nitrogen and oxygen atoms in total. The van der Waals surface area contributed by atoms with Crippen LogP contribution in [0.1, 0.15) is 17.4 Å². The SMILES string of the molecule is C=Nc1cnc2[nH]c(C(C)=O)cc2c1. The van der Waals surface area contributed by atoms with Gasteiger partial charge in [-0.15, -0.1) is 0 Å². The summed E-state index contributed by atoms with van der Waals surface area (Å²) >= 11 is 0. The second-order valence-corrected chi connectivity index (χ2v) is 3.03. The molecule has 2 heterocycles. The van der Waals surface area contributed by atoms with E-state index in [0.717, 1.165) is 5.39 Å². The Bertz CT molecular complexity index is 513. The molecular weight excluding hydrogens is 178 g/mol. The molecule has 14 heavy (non-hydrogen) atoms. The first-order valence-electron chi connectivity index (χ1n) is 4.17. The van der Waals surface area contributed by atoms with Crippen molar-refractivity contribution in [3.8, 4) is 0 Å². The van der Waals surface area contributed by atoms with Gasteiger partial charge < -0.3 is 4.98 Å². The summed E-state index contributed by atoms with van der Waals surface area (Å²) in [5, 5.41) is 0.875. The summed E-state index contributed by atoms with van der Waals surface area (Å²) in [4.78, 5) is 21.9. The molecule has 2 rings (SSSR count). The molecular formula is C10H9N3O. The fourth-order valence-electron chi connectivity index (χ4n) is 1.28. The largest absolute Gasteiger partial charge is 0.337 e. The number of pyridine rings is 1. The van der Waals surface area contributed by atoms with Crippen LogP contribution in [-0.4, -0.2) is 22.5 Å². The molecule has 4 heteroatoms. The summed E-state index contributed by atoms with van der Waals surface area (Å²) in [7, 11) is 0. The number of Topliss-reactive ketones (excluding diaryl/α,β-unsaturated/α-hetero) is 1. The highest BCUT2D eigenvalue weighted by Gasteiger charge is 2.05. The summed E-state index contributed by atoms with van der Waals surface area (Å²) in [5.74, 6) is -0.00360. The Morgan fingerprint density at radius 3 is 3.00 bits per heavy atom. The van der Waals surface area contributed by atoms with Gasteiger partial charge in [-0.2, -0.15) is 0 Å². The van der Waals surface area contributed by atoms with Crippen molar-refractivity contribution >= 4 is 29.2 Å². The predicted molar refractivity (Wildman–Crippen MR) is 55.3 cm³/mol. The first kappa shape index (κ1) is 8.62. The van der Waals surface area contributed by atoms with E-state index in [9.17, 15) is 4.79 Å². The lowest BCUT2D eigenvalue weighted by atomic mass is 10.2. The van der Waals surface area contributed by atoms with Crippen molar-refractivity contribution < 1.29 is 4.79 Å². The smallest absolute Gasteiger partial charge is 0.176 e. The highest BCUT2D eigenvalue weighted by atomic mass is 16.1. The van der Waals surface area contributed by atoms with Crippen LogP contribution in [0, 0.1) is 0 Å². The number of carbonyl (C=O) groups is 1. The molecule has 0 fully saturated rings. The monoisotopic (exact) mass is 187 g/mol. The molecule has 1 N–H and O–H groups in total. The number of nitrogens with one attached hydrogen (secondary N) is 1. The highest BCUT2D eigenvalue weighted by molar-refractivity contribution is 5.97. The normalized spacial score (nSPS) is 10.4. The standard InChI is InChI=1S/C10H9N3O/c1-6(14)9-4-7-3-8(11-2)5-12-10(7)13-9/h3-5H,2H2,1H3,(H,12,13). The third-order valence-electron chi connectivity index (χ3n) is 2.02. The molecule has 0 unspecified atom stereocenters. The molecule has 0 amide bonds. The van der Waals surface area contributed by atoms with Crippen molar-refractivity contribution in [2.75, 3.05) is 0 Å². The molecule has 0 aliphatic heterocycles. The van der Waals surface area contributed by atoms with Gasteiger partial charge in [0.2, 0.25) is 0 Å². The predicted octanol–water partition coefficient (Wildman–Crippen LogP) is 2.10. The van der Waals surface area contributed by atoms with Crippen molar-refractivity contribution in [1.82, 2.24) is 9.97 Å². The van der Waals surface area contributed by atoms with Gasteiger partial charge in [-0.25, -0.2) is 4.98 Å². The average Bonchev–Trinajstić information content (AvgIpc) is 2.59.